The van der Waals surface area contributed by atoms with Crippen LogP contribution in [0.1, 0.15) is 43.4 Å². The summed E-state index contributed by atoms with van der Waals surface area (Å²) in [6.07, 6.45) is 9.51. The van der Waals surface area contributed by atoms with Crippen LogP contribution in [0.3, 0.4) is 0 Å². The molecule has 2 aromatic heterocycles. The second-order valence-corrected chi connectivity index (χ2v) is 16.0. The molecule has 2 atom stereocenters. The van der Waals surface area contributed by atoms with Crippen molar-refractivity contribution < 1.29 is 25.6 Å². The zero-order chi connectivity index (χ0) is 40.1. The van der Waals surface area contributed by atoms with E-state index in [4.69, 9.17) is 10.3 Å². The molecule has 0 saturated heterocycles. The van der Waals surface area contributed by atoms with E-state index in [9.17, 15) is 5.26 Å². The largest absolute Gasteiger partial charge is 0.671 e. The van der Waals surface area contributed by atoms with E-state index >= 15 is 0 Å². The van der Waals surface area contributed by atoms with Crippen LogP contribution < -0.4 is 9.47 Å². The number of pyridine rings is 1. The third kappa shape index (κ3) is 6.76. The molecule has 0 spiro atoms. The molecule has 2 aliphatic rings. The first-order chi connectivity index (χ1) is 28.9. The number of benzene rings is 6. The number of nitriles is 1. The molecule has 4 heterocycles. The summed E-state index contributed by atoms with van der Waals surface area (Å²) in [5.74, 6) is 0.858. The molecule has 60 heavy (non-hydrogen) atoms. The molecule has 7 heteroatoms. The van der Waals surface area contributed by atoms with Crippen LogP contribution >= 0.6 is 0 Å². The smallest absolute Gasteiger partial charge is 0.268 e. The quantitative estimate of drug-likeness (QED) is 0.0948. The average molecular weight is 956 g/mol. The van der Waals surface area contributed by atoms with Crippen LogP contribution in [-0.4, -0.2) is 15.7 Å². The van der Waals surface area contributed by atoms with Crippen molar-refractivity contribution in [3.05, 3.63) is 216 Å². The molecule has 6 aromatic carbocycles. The Morgan fingerprint density at radius 3 is 2.15 bits per heavy atom. The van der Waals surface area contributed by atoms with E-state index < -0.39 is 0 Å². The van der Waals surface area contributed by atoms with Crippen LogP contribution in [0.2, 0.25) is 0 Å². The van der Waals surface area contributed by atoms with Gasteiger partial charge in [0.1, 0.15) is 5.82 Å². The molecule has 6 nitrogen and oxygen atoms in total. The van der Waals surface area contributed by atoms with Gasteiger partial charge in [-0.05, 0) is 74.4 Å². The maximum absolute atomic E-state index is 10.9. The molecule has 0 amide bonds. The molecule has 2 unspecified atom stereocenters. The van der Waals surface area contributed by atoms with Crippen LogP contribution in [0.25, 0.3) is 55.6 Å². The van der Waals surface area contributed by atoms with Crippen molar-refractivity contribution in [3.63, 3.8) is 0 Å². The van der Waals surface area contributed by atoms with Crippen molar-refractivity contribution in [2.75, 3.05) is 4.90 Å². The van der Waals surface area contributed by atoms with Gasteiger partial charge in [-0.3, -0.25) is 4.57 Å². The first kappa shape index (κ1) is 38.7. The summed E-state index contributed by atoms with van der Waals surface area (Å²) in [7, 11) is 0. The average Bonchev–Trinajstić information content (AvgIpc) is 3.83. The Kier molecular flexibility index (Phi) is 10.2. The van der Waals surface area contributed by atoms with Gasteiger partial charge in [-0.15, -0.1) is 29.8 Å². The number of imidazole rings is 1. The number of hydrogen-bond donors (Lipinski definition) is 0. The molecule has 294 valence electrons. The van der Waals surface area contributed by atoms with E-state index in [1.54, 1.807) is 0 Å². The van der Waals surface area contributed by atoms with Gasteiger partial charge in [0.25, 0.3) is 6.33 Å². The number of rotatable bonds is 6. The first-order valence-corrected chi connectivity index (χ1v) is 20.0. The van der Waals surface area contributed by atoms with E-state index in [1.165, 1.54) is 11.1 Å². The second-order valence-electron chi connectivity index (χ2n) is 16.0. The third-order valence-electron chi connectivity index (χ3n) is 11.4. The minimum Gasteiger partial charge on any atom is -0.671 e. The Balaban J connectivity index is 0.00000462. The van der Waals surface area contributed by atoms with Crippen LogP contribution in [0, 0.1) is 23.7 Å². The van der Waals surface area contributed by atoms with Gasteiger partial charge in [-0.1, -0.05) is 154 Å². The van der Waals surface area contributed by atoms with Crippen molar-refractivity contribution in [2.45, 2.75) is 38.3 Å². The minimum absolute atomic E-state index is 0. The van der Waals surface area contributed by atoms with Crippen molar-refractivity contribution in [2.24, 2.45) is 0 Å². The molecule has 0 radical (unpaired) electrons. The predicted molar refractivity (Wildman–Crippen MR) is 236 cm³/mol. The number of nitrogens with zero attached hydrogens (tertiary/aromatic N) is 6. The van der Waals surface area contributed by atoms with Gasteiger partial charge in [0.15, 0.2) is 0 Å². The fourth-order valence-electron chi connectivity index (χ4n) is 8.48. The number of para-hydroxylation sites is 4. The fourth-order valence-corrected chi connectivity index (χ4v) is 8.48. The summed E-state index contributed by atoms with van der Waals surface area (Å²) in [5, 5.41) is 16.2. The van der Waals surface area contributed by atoms with E-state index in [1.807, 2.05) is 53.2 Å². The van der Waals surface area contributed by atoms with Gasteiger partial charge in [0.05, 0.1) is 16.7 Å². The second kappa shape index (κ2) is 15.8. The molecule has 0 aliphatic carbocycles. The number of aromatic nitrogens is 3. The Bertz CT molecular complexity index is 2930. The molecular formula is C53H40N6Pt-2. The summed E-state index contributed by atoms with van der Waals surface area (Å²) >= 11 is 0. The maximum Gasteiger partial charge on any atom is 0.268 e. The molecule has 0 fully saturated rings. The van der Waals surface area contributed by atoms with Gasteiger partial charge in [-0.2, -0.15) is 5.70 Å². The van der Waals surface area contributed by atoms with E-state index in [2.05, 4.69) is 176 Å². The summed E-state index contributed by atoms with van der Waals surface area (Å²) < 4.78 is 4.21. The zero-order valence-electron chi connectivity index (χ0n) is 33.4. The van der Waals surface area contributed by atoms with Crippen molar-refractivity contribution >= 4 is 28.1 Å². The summed E-state index contributed by atoms with van der Waals surface area (Å²) in [5.41, 5.74) is 13.3. The molecule has 0 N–H and O–H groups in total. The van der Waals surface area contributed by atoms with E-state index in [-0.39, 0.29) is 38.6 Å². The molecule has 10 rings (SSSR count). The van der Waals surface area contributed by atoms with Crippen LogP contribution in [0.4, 0.5) is 11.5 Å². The number of fused-ring (bicyclic) bond motifs is 4. The molecular weight excluding hydrogens is 916 g/mol. The Labute approximate surface area is 365 Å². The normalized spacial score (nSPS) is 16.3. The molecule has 0 bridgehead atoms. The Morgan fingerprint density at radius 1 is 0.767 bits per heavy atom. The van der Waals surface area contributed by atoms with E-state index in [0.717, 1.165) is 56.2 Å². The van der Waals surface area contributed by atoms with Crippen LogP contribution in [0.15, 0.2) is 182 Å². The zero-order valence-corrected chi connectivity index (χ0v) is 35.7. The van der Waals surface area contributed by atoms with Crippen LogP contribution in [0.5, 0.6) is 0 Å². The summed E-state index contributed by atoms with van der Waals surface area (Å²) in [6, 6.07) is 60.6. The maximum atomic E-state index is 10.9. The fraction of sp³-hybridized carbons (Fsp3) is 0.113. The number of anilines is 2. The number of hydrogen-bond acceptors (Lipinski definition) is 3. The van der Waals surface area contributed by atoms with Gasteiger partial charge in [0, 0.05) is 44.9 Å². The Hall–Kier alpha value is -6.80. The van der Waals surface area contributed by atoms with Crippen molar-refractivity contribution in [1.82, 2.24) is 9.55 Å². The minimum atomic E-state index is -0.300. The first-order valence-electron chi connectivity index (χ1n) is 20.0. The van der Waals surface area contributed by atoms with Gasteiger partial charge in [-0.25, -0.2) is 10.2 Å². The number of allylic oxidation sites excluding steroid dienone is 2. The van der Waals surface area contributed by atoms with Gasteiger partial charge < -0.3 is 14.8 Å². The third-order valence-corrected chi connectivity index (χ3v) is 11.4. The summed E-state index contributed by atoms with van der Waals surface area (Å²) in [4.78, 5) is 7.09. The predicted octanol–water partition coefficient (Wildman–Crippen LogP) is 12.0. The van der Waals surface area contributed by atoms with Gasteiger partial charge >= 0.3 is 0 Å². The SMILES string of the molecule is CC(C)(C)c1ccnc(N2c3ccccc3C3C=C/C(=C(\C#N)c4[c-]c(-n5[c-][n+](-c6c(-c7ccccc7)cccc6-c6ccccc6)c6ccccc65)ccc4)[N-]C32)c1.[Pt]. The van der Waals surface area contributed by atoms with Crippen molar-refractivity contribution in [1.29, 1.82) is 5.26 Å². The molecule has 2 aliphatic heterocycles. The summed E-state index contributed by atoms with van der Waals surface area (Å²) in [6.45, 7) is 6.64. The van der Waals surface area contributed by atoms with E-state index in [0.29, 0.717) is 16.8 Å². The Morgan fingerprint density at radius 2 is 1.43 bits per heavy atom. The molecule has 0 saturated carbocycles. The molecule has 8 aromatic rings. The van der Waals surface area contributed by atoms with Crippen LogP contribution in [-0.2, 0) is 26.5 Å². The monoisotopic (exact) mass is 955 g/mol. The van der Waals surface area contributed by atoms with Crippen molar-refractivity contribution in [3.8, 4) is 39.7 Å². The standard InChI is InChI=1S/C53H40N6.Pt/c1-53(2,3)39-30-31-55-50(33-39)59-47-25-11-10-22-43(47)44-28-29-46(56-52(44)59)45(34-54)38-20-14-21-40(32-38)57-35-58(49-27-13-12-26-48(49)57)51-41(36-16-6-4-7-17-36)23-15-24-42(51)37-18-8-5-9-19-37;/h4-31,33,44,52H,1-3H3;/q-2;/b46-45-;. The topological polar surface area (TPSA) is 62.8 Å². The van der Waals surface area contributed by atoms with Gasteiger partial charge in [0.2, 0.25) is 0 Å².